The number of aryl methyl sites for hydroxylation is 2. The molecule has 0 radical (unpaired) electrons. The Morgan fingerprint density at radius 1 is 1.32 bits per heavy atom. The lowest BCUT2D eigenvalue weighted by molar-refractivity contribution is 0.364. The molecule has 0 aliphatic carbocycles. The van der Waals surface area contributed by atoms with E-state index in [-0.39, 0.29) is 5.56 Å². The molecule has 1 saturated heterocycles. The molecule has 1 fully saturated rings. The molecule has 22 heavy (non-hydrogen) atoms. The van der Waals surface area contributed by atoms with Crippen LogP contribution in [0.15, 0.2) is 35.1 Å². The van der Waals surface area contributed by atoms with Crippen LogP contribution in [0.2, 0.25) is 0 Å². The maximum atomic E-state index is 13.3. The van der Waals surface area contributed by atoms with Gasteiger partial charge in [0, 0.05) is 24.3 Å². The van der Waals surface area contributed by atoms with Gasteiger partial charge in [-0.05, 0) is 49.1 Å². The molecular weight excluding hydrogens is 279 g/mol. The van der Waals surface area contributed by atoms with Crippen molar-refractivity contribution in [2.45, 2.75) is 32.9 Å². The molecule has 3 nitrogen and oxygen atoms in total. The molecule has 0 bridgehead atoms. The Kier molecular flexibility index (Phi) is 4.01. The number of aromatic nitrogens is 1. The summed E-state index contributed by atoms with van der Waals surface area (Å²) in [5.41, 5.74) is 4.74. The van der Waals surface area contributed by atoms with Gasteiger partial charge in [-0.15, -0.1) is 0 Å². The molecule has 3 rings (SSSR count). The van der Waals surface area contributed by atoms with Gasteiger partial charge in [-0.1, -0.05) is 19.1 Å². The Bertz CT molecular complexity index is 721. The average molecular weight is 300 g/mol. The highest BCUT2D eigenvalue weighted by Gasteiger charge is 2.21. The minimum absolute atomic E-state index is 0.0453. The third kappa shape index (κ3) is 2.78. The number of nitrogens with one attached hydrogen (secondary N) is 1. The first-order valence-corrected chi connectivity index (χ1v) is 7.80. The molecule has 1 aromatic heterocycles. The van der Waals surface area contributed by atoms with E-state index in [1.165, 1.54) is 0 Å². The number of nitrogens with zero attached hydrogens (tertiary/aromatic N) is 1. The Hall–Kier alpha value is -2.10. The van der Waals surface area contributed by atoms with E-state index in [1.807, 2.05) is 37.3 Å². The Morgan fingerprint density at radius 3 is 2.64 bits per heavy atom. The van der Waals surface area contributed by atoms with Crippen LogP contribution >= 0.6 is 0 Å². The molecular formula is C18H21FN2O. The van der Waals surface area contributed by atoms with Gasteiger partial charge in [-0.3, -0.25) is 4.79 Å². The molecule has 0 saturated carbocycles. The fourth-order valence-corrected chi connectivity index (χ4v) is 3.02. The second-order valence-corrected chi connectivity index (χ2v) is 5.91. The number of alkyl halides is 1. The lowest BCUT2D eigenvalue weighted by Crippen LogP contribution is -2.19. The maximum Gasteiger partial charge on any atom is 0.251 e. The highest BCUT2D eigenvalue weighted by atomic mass is 19.1. The second kappa shape index (κ2) is 5.95. The molecule has 1 N–H and O–H groups in total. The zero-order valence-electron chi connectivity index (χ0n) is 13.0. The van der Waals surface area contributed by atoms with Crippen molar-refractivity contribution < 1.29 is 4.39 Å². The minimum Gasteiger partial charge on any atom is -0.369 e. The predicted octanol–water partition coefficient (Wildman–Crippen LogP) is 3.46. The smallest absolute Gasteiger partial charge is 0.251 e. The number of rotatable bonds is 3. The fraction of sp³-hybridized carbons (Fsp3) is 0.389. The van der Waals surface area contributed by atoms with Crippen molar-refractivity contribution in [2.24, 2.45) is 0 Å². The van der Waals surface area contributed by atoms with Crippen molar-refractivity contribution in [2.75, 3.05) is 18.0 Å². The number of anilines is 1. The Balaban J connectivity index is 1.93. The number of benzene rings is 1. The van der Waals surface area contributed by atoms with E-state index >= 15 is 0 Å². The molecule has 0 spiro atoms. The zero-order chi connectivity index (χ0) is 15.7. The third-order valence-corrected chi connectivity index (χ3v) is 4.34. The SMILES string of the molecule is CCc1cc(C)c(=O)[nH]c1-c1ccc(N2CCC(F)C2)cc1. The van der Waals surface area contributed by atoms with Crippen molar-refractivity contribution in [3.63, 3.8) is 0 Å². The monoisotopic (exact) mass is 300 g/mol. The fourth-order valence-electron chi connectivity index (χ4n) is 3.02. The van der Waals surface area contributed by atoms with E-state index in [0.29, 0.717) is 13.0 Å². The van der Waals surface area contributed by atoms with Gasteiger partial charge in [0.15, 0.2) is 0 Å². The number of aromatic amines is 1. The summed E-state index contributed by atoms with van der Waals surface area (Å²) < 4.78 is 13.3. The van der Waals surface area contributed by atoms with Crippen molar-refractivity contribution in [1.29, 1.82) is 0 Å². The summed E-state index contributed by atoms with van der Waals surface area (Å²) in [6.45, 7) is 5.14. The normalized spacial score (nSPS) is 18.0. The largest absolute Gasteiger partial charge is 0.369 e. The molecule has 0 amide bonds. The quantitative estimate of drug-likeness (QED) is 0.942. The maximum absolute atomic E-state index is 13.3. The van der Waals surface area contributed by atoms with Crippen LogP contribution in [-0.2, 0) is 6.42 Å². The molecule has 116 valence electrons. The number of hydrogen-bond donors (Lipinski definition) is 1. The molecule has 4 heteroatoms. The summed E-state index contributed by atoms with van der Waals surface area (Å²) in [6.07, 6.45) is 0.747. The van der Waals surface area contributed by atoms with Gasteiger partial charge in [0.25, 0.3) is 5.56 Å². The standard InChI is InChI=1S/C18H21FN2O/c1-3-13-10-12(2)18(22)20-17(13)14-4-6-16(7-5-14)21-9-8-15(19)11-21/h4-7,10,15H,3,8-9,11H2,1-2H3,(H,20,22). The lowest BCUT2D eigenvalue weighted by Gasteiger charge is -2.18. The average Bonchev–Trinajstić information content (AvgIpc) is 2.96. The van der Waals surface area contributed by atoms with E-state index < -0.39 is 6.17 Å². The van der Waals surface area contributed by atoms with Crippen molar-refractivity contribution in [3.8, 4) is 11.3 Å². The van der Waals surface area contributed by atoms with Crippen molar-refractivity contribution in [1.82, 2.24) is 4.98 Å². The van der Waals surface area contributed by atoms with Crippen LogP contribution in [0.1, 0.15) is 24.5 Å². The molecule has 1 atom stereocenters. The van der Waals surface area contributed by atoms with Crippen LogP contribution in [0, 0.1) is 6.92 Å². The van der Waals surface area contributed by atoms with Crippen molar-refractivity contribution in [3.05, 3.63) is 51.8 Å². The van der Waals surface area contributed by atoms with Crippen LogP contribution in [-0.4, -0.2) is 24.2 Å². The number of halogens is 1. The topological polar surface area (TPSA) is 36.1 Å². The van der Waals surface area contributed by atoms with Crippen LogP contribution in [0.25, 0.3) is 11.3 Å². The molecule has 2 aromatic rings. The zero-order valence-corrected chi connectivity index (χ0v) is 13.0. The first kappa shape index (κ1) is 14.8. The van der Waals surface area contributed by atoms with E-state index in [0.717, 1.165) is 41.0 Å². The third-order valence-electron chi connectivity index (χ3n) is 4.34. The van der Waals surface area contributed by atoms with Gasteiger partial charge < -0.3 is 9.88 Å². The molecule has 1 unspecified atom stereocenters. The number of pyridine rings is 1. The highest BCUT2D eigenvalue weighted by Crippen LogP contribution is 2.27. The molecule has 2 heterocycles. The van der Waals surface area contributed by atoms with Gasteiger partial charge in [0.1, 0.15) is 6.17 Å². The summed E-state index contributed by atoms with van der Waals surface area (Å²) in [6, 6.07) is 9.97. The Labute approximate surface area is 129 Å². The van der Waals surface area contributed by atoms with Gasteiger partial charge >= 0.3 is 0 Å². The van der Waals surface area contributed by atoms with Crippen LogP contribution in [0.3, 0.4) is 0 Å². The Morgan fingerprint density at radius 2 is 2.05 bits per heavy atom. The van der Waals surface area contributed by atoms with Crippen LogP contribution < -0.4 is 10.5 Å². The summed E-state index contributed by atoms with van der Waals surface area (Å²) in [7, 11) is 0. The van der Waals surface area contributed by atoms with Gasteiger partial charge in [-0.25, -0.2) is 4.39 Å². The van der Waals surface area contributed by atoms with Gasteiger partial charge in [-0.2, -0.15) is 0 Å². The van der Waals surface area contributed by atoms with Crippen LogP contribution in [0.5, 0.6) is 0 Å². The van der Waals surface area contributed by atoms with Gasteiger partial charge in [0.05, 0.1) is 5.69 Å². The van der Waals surface area contributed by atoms with E-state index in [2.05, 4.69) is 16.8 Å². The van der Waals surface area contributed by atoms with Crippen LogP contribution in [0.4, 0.5) is 10.1 Å². The number of hydrogen-bond acceptors (Lipinski definition) is 2. The lowest BCUT2D eigenvalue weighted by atomic mass is 10.0. The molecule has 1 aromatic carbocycles. The summed E-state index contributed by atoms with van der Waals surface area (Å²) in [4.78, 5) is 16.9. The van der Waals surface area contributed by atoms with Gasteiger partial charge in [0.2, 0.25) is 0 Å². The van der Waals surface area contributed by atoms with E-state index in [9.17, 15) is 9.18 Å². The van der Waals surface area contributed by atoms with E-state index in [4.69, 9.17) is 0 Å². The second-order valence-electron chi connectivity index (χ2n) is 5.91. The first-order valence-electron chi connectivity index (χ1n) is 7.80. The first-order chi connectivity index (χ1) is 10.6. The summed E-state index contributed by atoms with van der Waals surface area (Å²) in [5, 5.41) is 0. The highest BCUT2D eigenvalue weighted by molar-refractivity contribution is 5.66. The number of H-pyrrole nitrogens is 1. The minimum atomic E-state index is -0.722. The summed E-state index contributed by atoms with van der Waals surface area (Å²) >= 11 is 0. The molecule has 1 aliphatic heterocycles. The molecule has 1 aliphatic rings. The summed E-state index contributed by atoms with van der Waals surface area (Å²) in [5.74, 6) is 0. The van der Waals surface area contributed by atoms with Crippen molar-refractivity contribution >= 4 is 5.69 Å². The van der Waals surface area contributed by atoms with E-state index in [1.54, 1.807) is 0 Å². The predicted molar refractivity (Wildman–Crippen MR) is 88.3 cm³/mol.